The highest BCUT2D eigenvalue weighted by molar-refractivity contribution is 7.47. The van der Waals surface area contributed by atoms with Gasteiger partial charge >= 0.3 is 19.8 Å². The molecule has 0 aliphatic carbocycles. The summed E-state index contributed by atoms with van der Waals surface area (Å²) in [5, 5.41) is 0. The van der Waals surface area contributed by atoms with Gasteiger partial charge in [0.2, 0.25) is 0 Å². The van der Waals surface area contributed by atoms with Crippen molar-refractivity contribution in [1.82, 2.24) is 0 Å². The van der Waals surface area contributed by atoms with Crippen molar-refractivity contribution in [3.63, 3.8) is 0 Å². The van der Waals surface area contributed by atoms with Gasteiger partial charge in [0, 0.05) is 45.6 Å². The Morgan fingerprint density at radius 3 is 1.17 bits per heavy atom. The van der Waals surface area contributed by atoms with Crippen molar-refractivity contribution >= 4 is 39.2 Å². The first-order valence-corrected chi connectivity index (χ1v) is 31.8. The van der Waals surface area contributed by atoms with Gasteiger partial charge < -0.3 is 28.3 Å². The van der Waals surface area contributed by atoms with E-state index >= 15 is 0 Å². The molecule has 0 fully saturated rings. The standard InChI is InChI=1S/C55H106O14P2/c1-4-6-8-10-12-14-16-18-20-22-24-26-28-32-36-45-54(58)65-49-53(69-55(59)46-37-33-29-27-25-23-21-19-17-15-13-11-9-7-5-2)50-68-71(62,63)67-48-40-44-52(57)43-39-42-51(56)41-35-31-30-34-38-47-66-70(60,61)64-3/h53H,4-50H2,1-3H3,(H,60,61)(H,62,63)/p-1/t53-/m1/s1. The Labute approximate surface area is 432 Å². The summed E-state index contributed by atoms with van der Waals surface area (Å²) in [6.45, 7) is 3.54. The third-order valence-corrected chi connectivity index (χ3v) is 14.9. The highest BCUT2D eigenvalue weighted by Gasteiger charge is 2.26. The predicted molar refractivity (Wildman–Crippen MR) is 283 cm³/mol. The molecule has 0 amide bonds. The Bertz CT molecular complexity index is 1360. The van der Waals surface area contributed by atoms with E-state index in [1.807, 2.05) is 0 Å². The minimum Gasteiger partial charge on any atom is -0.756 e. The van der Waals surface area contributed by atoms with Gasteiger partial charge in [0.1, 0.15) is 18.2 Å². The zero-order valence-corrected chi connectivity index (χ0v) is 47.2. The molecule has 0 bridgehead atoms. The molecule has 2 unspecified atom stereocenters. The number of phosphoric ester groups is 2. The van der Waals surface area contributed by atoms with Crippen LogP contribution in [-0.2, 0) is 55.9 Å². The van der Waals surface area contributed by atoms with Crippen molar-refractivity contribution in [3.8, 4) is 0 Å². The normalized spacial score (nSPS) is 13.7. The molecule has 1 N–H and O–H groups in total. The van der Waals surface area contributed by atoms with Crippen molar-refractivity contribution in [2.24, 2.45) is 0 Å². The minimum absolute atomic E-state index is 0.0685. The zero-order chi connectivity index (χ0) is 52.4. The first-order valence-electron chi connectivity index (χ1n) is 28.9. The van der Waals surface area contributed by atoms with Gasteiger partial charge in [-0.1, -0.05) is 213 Å². The maximum atomic E-state index is 12.9. The molecule has 0 heterocycles. The highest BCUT2D eigenvalue weighted by Crippen LogP contribution is 2.43. The first kappa shape index (κ1) is 69.5. The molecule has 14 nitrogen and oxygen atoms in total. The van der Waals surface area contributed by atoms with E-state index in [9.17, 15) is 38.1 Å². The number of ether oxygens (including phenoxy) is 2. The molecule has 16 heteroatoms. The highest BCUT2D eigenvalue weighted by atomic mass is 31.2. The van der Waals surface area contributed by atoms with E-state index in [1.54, 1.807) is 0 Å². The van der Waals surface area contributed by atoms with Crippen molar-refractivity contribution in [2.75, 3.05) is 33.5 Å². The predicted octanol–water partition coefficient (Wildman–Crippen LogP) is 15.7. The van der Waals surface area contributed by atoms with Gasteiger partial charge in [0.25, 0.3) is 7.82 Å². The summed E-state index contributed by atoms with van der Waals surface area (Å²) in [6.07, 6.45) is 41.3. The molecule has 3 atom stereocenters. The second-order valence-corrected chi connectivity index (χ2v) is 22.8. The Kier molecular flexibility index (Phi) is 49.6. The Morgan fingerprint density at radius 2 is 0.746 bits per heavy atom. The van der Waals surface area contributed by atoms with Crippen LogP contribution in [0.1, 0.15) is 290 Å². The minimum atomic E-state index is -4.58. The average Bonchev–Trinajstić information content (AvgIpc) is 3.34. The maximum absolute atomic E-state index is 12.9. The first-order chi connectivity index (χ1) is 34.3. The third-order valence-electron chi connectivity index (χ3n) is 13.0. The smallest absolute Gasteiger partial charge is 0.472 e. The lowest BCUT2D eigenvalue weighted by Crippen LogP contribution is -2.29. The summed E-state index contributed by atoms with van der Waals surface area (Å²) in [7, 11) is -7.72. The second-order valence-electron chi connectivity index (χ2n) is 19.8. The molecule has 0 radical (unpaired) electrons. The van der Waals surface area contributed by atoms with E-state index in [4.69, 9.17) is 18.5 Å². The van der Waals surface area contributed by atoms with Crippen LogP contribution in [0, 0.1) is 0 Å². The van der Waals surface area contributed by atoms with Gasteiger partial charge in [-0.2, -0.15) is 0 Å². The van der Waals surface area contributed by atoms with Crippen LogP contribution >= 0.6 is 15.6 Å². The number of phosphoric acid groups is 2. The quantitative estimate of drug-likeness (QED) is 0.0342. The van der Waals surface area contributed by atoms with Crippen LogP contribution in [0.15, 0.2) is 0 Å². The van der Waals surface area contributed by atoms with Gasteiger partial charge in [0.15, 0.2) is 6.10 Å². The molecule has 0 rings (SSSR count). The average molecular weight is 1050 g/mol. The topological polar surface area (TPSA) is 201 Å². The molecule has 0 saturated heterocycles. The number of hydrogen-bond donors (Lipinski definition) is 1. The number of Topliss-reactive ketones (excluding diaryl/α,β-unsaturated/α-hetero) is 2. The number of esters is 2. The van der Waals surface area contributed by atoms with E-state index in [1.165, 1.54) is 141 Å². The number of unbranched alkanes of at least 4 members (excludes halogenated alkanes) is 32. The summed E-state index contributed by atoms with van der Waals surface area (Å²) in [5.41, 5.74) is 0. The molecular formula is C55H105O14P2-. The zero-order valence-electron chi connectivity index (χ0n) is 45.5. The summed E-state index contributed by atoms with van der Waals surface area (Å²) < 4.78 is 54.2. The van der Waals surface area contributed by atoms with Crippen molar-refractivity contribution < 1.29 is 65.7 Å². The van der Waals surface area contributed by atoms with Crippen LogP contribution < -0.4 is 4.89 Å². The molecule has 0 aromatic heterocycles. The molecule has 0 saturated carbocycles. The van der Waals surface area contributed by atoms with Gasteiger partial charge in [-0.05, 0) is 38.5 Å². The van der Waals surface area contributed by atoms with Crippen LogP contribution in [0.25, 0.3) is 0 Å². The monoisotopic (exact) mass is 1050 g/mol. The van der Waals surface area contributed by atoms with Gasteiger partial charge in [-0.25, -0.2) is 4.57 Å². The van der Waals surface area contributed by atoms with E-state index in [0.717, 1.165) is 71.3 Å². The van der Waals surface area contributed by atoms with Crippen molar-refractivity contribution in [2.45, 2.75) is 296 Å². The van der Waals surface area contributed by atoms with E-state index in [-0.39, 0.29) is 63.5 Å². The Balaban J connectivity index is 4.55. The lowest BCUT2D eigenvalue weighted by atomic mass is 10.0. The summed E-state index contributed by atoms with van der Waals surface area (Å²) in [6, 6.07) is 0. The number of carbonyl (C=O) groups is 4. The lowest BCUT2D eigenvalue weighted by Gasteiger charge is -2.20. The summed E-state index contributed by atoms with van der Waals surface area (Å²) in [4.78, 5) is 71.7. The fourth-order valence-electron chi connectivity index (χ4n) is 8.48. The number of ketones is 2. The third kappa shape index (κ3) is 51.8. The van der Waals surface area contributed by atoms with Gasteiger partial charge in [-0.15, -0.1) is 0 Å². The van der Waals surface area contributed by atoms with Crippen LogP contribution in [0.3, 0.4) is 0 Å². The van der Waals surface area contributed by atoms with E-state index in [0.29, 0.717) is 38.5 Å². The summed E-state index contributed by atoms with van der Waals surface area (Å²) >= 11 is 0. The van der Waals surface area contributed by atoms with Crippen LogP contribution in [0.2, 0.25) is 0 Å². The molecule has 0 aromatic carbocycles. The second kappa shape index (κ2) is 50.6. The Morgan fingerprint density at radius 1 is 0.408 bits per heavy atom. The number of rotatable bonds is 57. The van der Waals surface area contributed by atoms with E-state index in [2.05, 4.69) is 22.9 Å². The molecule has 0 aliphatic rings. The largest absolute Gasteiger partial charge is 0.756 e. The fraction of sp³-hybridized carbons (Fsp3) is 0.927. The van der Waals surface area contributed by atoms with Gasteiger partial charge in [0.05, 0.1) is 19.8 Å². The molecule has 71 heavy (non-hydrogen) atoms. The number of carbonyl (C=O) groups excluding carboxylic acids is 4. The molecule has 0 aliphatic heterocycles. The maximum Gasteiger partial charge on any atom is 0.472 e. The molecule has 0 spiro atoms. The van der Waals surface area contributed by atoms with Crippen LogP contribution in [-0.4, -0.2) is 68.0 Å². The van der Waals surface area contributed by atoms with Crippen LogP contribution in [0.5, 0.6) is 0 Å². The summed E-state index contributed by atoms with van der Waals surface area (Å²) in [5.74, 6) is -0.907. The molecular weight excluding hydrogens is 947 g/mol. The lowest BCUT2D eigenvalue weighted by molar-refractivity contribution is -0.223. The van der Waals surface area contributed by atoms with Crippen molar-refractivity contribution in [1.29, 1.82) is 0 Å². The molecule has 420 valence electrons. The Hall–Kier alpha value is -1.50. The number of hydrogen-bond acceptors (Lipinski definition) is 13. The van der Waals surface area contributed by atoms with E-state index < -0.39 is 40.3 Å². The fourth-order valence-corrected chi connectivity index (χ4v) is 9.73. The SMILES string of the molecule is CCCCCCCCCCCCCCCCCC(=O)OC[C@H](COP(=O)(O)OCCCC(=O)CCCC(=O)CCCCCCCOP(=O)([O-])OC)OC(=O)CCCCCCCCCCCCCCCCC. The van der Waals surface area contributed by atoms with Crippen LogP contribution in [0.4, 0.5) is 0 Å². The van der Waals surface area contributed by atoms with Gasteiger partial charge in [-0.3, -0.25) is 32.8 Å². The molecule has 0 aromatic rings. The van der Waals surface area contributed by atoms with Crippen molar-refractivity contribution in [3.05, 3.63) is 0 Å².